The van der Waals surface area contributed by atoms with Crippen molar-refractivity contribution < 1.29 is 18.4 Å². The topological polar surface area (TPSA) is 90.1 Å². The van der Waals surface area contributed by atoms with Crippen molar-refractivity contribution in [3.8, 4) is 17.0 Å². The van der Waals surface area contributed by atoms with Crippen LogP contribution in [-0.4, -0.2) is 21.0 Å². The smallest absolute Gasteiger partial charge is 0.261 e. The van der Waals surface area contributed by atoms with Gasteiger partial charge < -0.3 is 9.26 Å². The number of hydrogen-bond donors (Lipinski definition) is 1. The van der Waals surface area contributed by atoms with Gasteiger partial charge in [0.25, 0.3) is 5.91 Å². The minimum Gasteiger partial charge on any atom is -0.485 e. The number of hydrogen-bond acceptors (Lipinski definition) is 7. The summed E-state index contributed by atoms with van der Waals surface area (Å²) in [7, 11) is 0. The number of aryl methyl sites for hydroxylation is 1. The summed E-state index contributed by atoms with van der Waals surface area (Å²) in [5.74, 6) is 0.551. The van der Waals surface area contributed by atoms with Crippen LogP contribution in [0.25, 0.3) is 11.3 Å². The van der Waals surface area contributed by atoms with Crippen LogP contribution in [0.1, 0.15) is 22.1 Å². The van der Waals surface area contributed by atoms with E-state index < -0.39 is 0 Å². The number of thiazole rings is 1. The van der Waals surface area contributed by atoms with Crippen LogP contribution in [0.4, 0.5) is 9.52 Å². The van der Waals surface area contributed by atoms with Crippen LogP contribution in [0.3, 0.4) is 0 Å². The summed E-state index contributed by atoms with van der Waals surface area (Å²) in [4.78, 5) is 21.2. The molecule has 1 N–H and O–H groups in total. The van der Waals surface area contributed by atoms with Gasteiger partial charge in [-0.25, -0.2) is 9.37 Å². The number of benzene rings is 2. The molecule has 9 heteroatoms. The number of rotatable bonds is 6. The molecule has 146 valence electrons. The molecule has 0 saturated carbocycles. The van der Waals surface area contributed by atoms with Crippen LogP contribution >= 0.6 is 11.3 Å². The summed E-state index contributed by atoms with van der Waals surface area (Å²) < 4.78 is 23.7. The van der Waals surface area contributed by atoms with Gasteiger partial charge >= 0.3 is 0 Å². The molecule has 0 unspecified atom stereocenters. The lowest BCUT2D eigenvalue weighted by Crippen LogP contribution is -2.13. The highest BCUT2D eigenvalue weighted by atomic mass is 32.1. The number of aromatic nitrogens is 3. The van der Waals surface area contributed by atoms with Crippen LogP contribution in [-0.2, 0) is 6.61 Å². The van der Waals surface area contributed by atoms with Gasteiger partial charge in [-0.15, -0.1) is 11.3 Å². The minimum atomic E-state index is -0.357. The first-order valence-corrected chi connectivity index (χ1v) is 9.50. The second-order valence-corrected chi connectivity index (χ2v) is 6.87. The number of halogens is 1. The van der Waals surface area contributed by atoms with E-state index in [9.17, 15) is 9.18 Å². The van der Waals surface area contributed by atoms with Gasteiger partial charge in [-0.2, -0.15) is 4.98 Å². The summed E-state index contributed by atoms with van der Waals surface area (Å²) >= 11 is 1.28. The Morgan fingerprint density at radius 3 is 2.72 bits per heavy atom. The monoisotopic (exact) mass is 410 g/mol. The largest absolute Gasteiger partial charge is 0.485 e. The van der Waals surface area contributed by atoms with E-state index in [1.165, 1.54) is 23.5 Å². The molecule has 2 aromatic carbocycles. The number of nitrogens with zero attached hydrogens (tertiary/aromatic N) is 3. The van der Waals surface area contributed by atoms with Gasteiger partial charge in [0.05, 0.1) is 11.3 Å². The number of ether oxygens (including phenoxy) is 1. The lowest BCUT2D eigenvalue weighted by molar-refractivity contribution is 0.102. The molecule has 0 aliphatic rings. The predicted molar refractivity (Wildman–Crippen MR) is 105 cm³/mol. The summed E-state index contributed by atoms with van der Waals surface area (Å²) in [5, 5.41) is 8.76. The third-order valence-electron chi connectivity index (χ3n) is 3.92. The minimum absolute atomic E-state index is 0.0770. The number of amides is 1. The highest BCUT2D eigenvalue weighted by molar-refractivity contribution is 7.14. The second-order valence-electron chi connectivity index (χ2n) is 6.01. The van der Waals surface area contributed by atoms with E-state index in [0.29, 0.717) is 33.9 Å². The summed E-state index contributed by atoms with van der Waals surface area (Å²) in [5.41, 5.74) is 1.77. The Morgan fingerprint density at radius 2 is 1.97 bits per heavy atom. The first-order valence-electron chi connectivity index (χ1n) is 8.62. The third-order valence-corrected chi connectivity index (χ3v) is 4.68. The summed E-state index contributed by atoms with van der Waals surface area (Å²) in [6.45, 7) is 1.76. The fourth-order valence-electron chi connectivity index (χ4n) is 2.57. The number of anilines is 1. The van der Waals surface area contributed by atoms with E-state index in [-0.39, 0.29) is 18.3 Å². The number of para-hydroxylation sites is 1. The molecule has 0 spiro atoms. The van der Waals surface area contributed by atoms with Crippen LogP contribution in [0.2, 0.25) is 0 Å². The molecule has 29 heavy (non-hydrogen) atoms. The third kappa shape index (κ3) is 4.46. The molecule has 0 saturated heterocycles. The molecule has 0 fully saturated rings. The quantitative estimate of drug-likeness (QED) is 0.504. The van der Waals surface area contributed by atoms with Gasteiger partial charge in [0.2, 0.25) is 11.7 Å². The van der Waals surface area contributed by atoms with Crippen LogP contribution in [0, 0.1) is 12.7 Å². The predicted octanol–water partition coefficient (Wildman–Crippen LogP) is 4.47. The maximum atomic E-state index is 13.1. The molecule has 0 bridgehead atoms. The van der Waals surface area contributed by atoms with E-state index in [4.69, 9.17) is 9.26 Å². The fourth-order valence-corrected chi connectivity index (χ4v) is 3.29. The van der Waals surface area contributed by atoms with Crippen molar-refractivity contribution in [2.45, 2.75) is 13.5 Å². The Hall–Kier alpha value is -3.59. The number of carbonyl (C=O) groups excluding carboxylic acids is 1. The molecule has 0 atom stereocenters. The van der Waals surface area contributed by atoms with Gasteiger partial charge in [0.1, 0.15) is 11.6 Å². The van der Waals surface area contributed by atoms with Gasteiger partial charge in [-0.1, -0.05) is 17.3 Å². The Balaban J connectivity index is 1.47. The maximum absolute atomic E-state index is 13.1. The summed E-state index contributed by atoms with van der Waals surface area (Å²) in [6.07, 6.45) is 0. The van der Waals surface area contributed by atoms with E-state index >= 15 is 0 Å². The van der Waals surface area contributed by atoms with Crippen molar-refractivity contribution >= 4 is 22.4 Å². The highest BCUT2D eigenvalue weighted by Gasteiger charge is 2.15. The van der Waals surface area contributed by atoms with Crippen molar-refractivity contribution in [3.63, 3.8) is 0 Å². The van der Waals surface area contributed by atoms with E-state index in [2.05, 4.69) is 20.4 Å². The average Bonchev–Trinajstić information content (AvgIpc) is 3.36. The van der Waals surface area contributed by atoms with Crippen molar-refractivity contribution in [3.05, 3.63) is 77.0 Å². The molecule has 7 nitrogen and oxygen atoms in total. The average molecular weight is 410 g/mol. The van der Waals surface area contributed by atoms with E-state index in [1.54, 1.807) is 48.7 Å². The Labute approximate surface area is 169 Å². The number of carbonyl (C=O) groups is 1. The second kappa shape index (κ2) is 8.19. The highest BCUT2D eigenvalue weighted by Crippen LogP contribution is 2.26. The zero-order valence-corrected chi connectivity index (χ0v) is 16.1. The van der Waals surface area contributed by atoms with Crippen molar-refractivity contribution in [1.29, 1.82) is 0 Å². The first kappa shape index (κ1) is 18.8. The van der Waals surface area contributed by atoms with Crippen molar-refractivity contribution in [2.75, 3.05) is 5.32 Å². The lowest BCUT2D eigenvalue weighted by atomic mass is 10.2. The molecule has 1 amide bonds. The van der Waals surface area contributed by atoms with Gasteiger partial charge in [0, 0.05) is 17.9 Å². The molecule has 4 aromatic rings. The van der Waals surface area contributed by atoms with Gasteiger partial charge in [-0.3, -0.25) is 10.1 Å². The zero-order valence-electron chi connectivity index (χ0n) is 15.3. The normalized spacial score (nSPS) is 10.7. The molecule has 4 rings (SSSR count). The molecule has 0 aliphatic heterocycles. The molecule has 0 aliphatic carbocycles. The first-order chi connectivity index (χ1) is 14.1. The Kier molecular flexibility index (Phi) is 5.30. The Morgan fingerprint density at radius 1 is 1.17 bits per heavy atom. The maximum Gasteiger partial charge on any atom is 0.261 e. The molecular weight excluding hydrogens is 395 g/mol. The molecule has 2 aromatic heterocycles. The van der Waals surface area contributed by atoms with Crippen LogP contribution in [0.5, 0.6) is 5.75 Å². The van der Waals surface area contributed by atoms with Crippen LogP contribution in [0.15, 0.2) is 58.4 Å². The number of nitrogens with one attached hydrogen (secondary N) is 1. The molecule has 0 radical (unpaired) electrons. The molecule has 2 heterocycles. The van der Waals surface area contributed by atoms with Crippen molar-refractivity contribution in [2.24, 2.45) is 0 Å². The van der Waals surface area contributed by atoms with E-state index in [1.807, 2.05) is 0 Å². The zero-order chi connectivity index (χ0) is 20.2. The SMILES string of the molecule is Cc1nc(COc2ccccc2C(=O)Nc2nc(-c3ccc(F)cc3)cs2)no1. The van der Waals surface area contributed by atoms with Gasteiger partial charge in [0.15, 0.2) is 11.7 Å². The van der Waals surface area contributed by atoms with Crippen molar-refractivity contribution in [1.82, 2.24) is 15.1 Å². The molecular formula is C20H15FN4O3S. The lowest BCUT2D eigenvalue weighted by Gasteiger charge is -2.09. The van der Waals surface area contributed by atoms with E-state index in [0.717, 1.165) is 5.56 Å². The summed E-state index contributed by atoms with van der Waals surface area (Å²) in [6, 6.07) is 12.9. The fraction of sp³-hybridized carbons (Fsp3) is 0.100. The van der Waals surface area contributed by atoms with Gasteiger partial charge in [-0.05, 0) is 36.4 Å². The Bertz CT molecular complexity index is 1140. The van der Waals surface area contributed by atoms with Crippen LogP contribution < -0.4 is 10.1 Å². The standard InChI is InChI=1S/C20H15FN4O3S/c1-12-22-18(25-28-12)10-27-17-5-3-2-4-15(17)19(26)24-20-23-16(11-29-20)13-6-8-14(21)9-7-13/h2-9,11H,10H2,1H3,(H,23,24,26).